The molecule has 2 heterocycles. The van der Waals surface area contributed by atoms with Crippen molar-refractivity contribution in [3.63, 3.8) is 0 Å². The van der Waals surface area contributed by atoms with Crippen molar-refractivity contribution in [1.82, 2.24) is 4.90 Å². The van der Waals surface area contributed by atoms with Crippen LogP contribution in [0.15, 0.2) is 12.1 Å². The summed E-state index contributed by atoms with van der Waals surface area (Å²) in [5, 5.41) is 27.5. The molecule has 0 aromatic carbocycles. The predicted octanol–water partition coefficient (Wildman–Crippen LogP) is -0.0163. The summed E-state index contributed by atoms with van der Waals surface area (Å²) in [6, 6.07) is 3.34. The SMILES string of the molecule is O=C(O)c1ccc(CN2CC(O)C(O)C2)s1. The number of hydrogen-bond acceptors (Lipinski definition) is 5. The molecule has 1 saturated heterocycles. The van der Waals surface area contributed by atoms with Crippen LogP contribution in [-0.4, -0.2) is 51.5 Å². The maximum absolute atomic E-state index is 10.7. The van der Waals surface area contributed by atoms with Crippen molar-refractivity contribution in [3.05, 3.63) is 21.9 Å². The zero-order chi connectivity index (χ0) is 11.7. The molecule has 5 nitrogen and oxygen atoms in total. The average Bonchev–Trinajstić information content (AvgIpc) is 2.76. The van der Waals surface area contributed by atoms with Crippen LogP contribution in [-0.2, 0) is 6.54 Å². The molecule has 0 saturated carbocycles. The van der Waals surface area contributed by atoms with Crippen LogP contribution in [0.4, 0.5) is 0 Å². The summed E-state index contributed by atoms with van der Waals surface area (Å²) in [4.78, 5) is 13.8. The standard InChI is InChI=1S/C10H13NO4S/c12-7-4-11(5-8(7)13)3-6-1-2-9(16-6)10(14)15/h1-2,7-8,12-13H,3-5H2,(H,14,15). The highest BCUT2D eigenvalue weighted by Crippen LogP contribution is 2.20. The van der Waals surface area contributed by atoms with E-state index in [9.17, 15) is 15.0 Å². The number of rotatable bonds is 3. The third-order valence-corrected chi connectivity index (χ3v) is 3.64. The minimum absolute atomic E-state index is 0.315. The lowest BCUT2D eigenvalue weighted by Gasteiger charge is -2.12. The second kappa shape index (κ2) is 4.50. The van der Waals surface area contributed by atoms with Crippen LogP contribution in [0.5, 0.6) is 0 Å². The Kier molecular flexibility index (Phi) is 3.25. The first-order valence-electron chi connectivity index (χ1n) is 4.97. The first kappa shape index (κ1) is 11.5. The zero-order valence-corrected chi connectivity index (χ0v) is 9.35. The van der Waals surface area contributed by atoms with Crippen molar-refractivity contribution in [2.24, 2.45) is 0 Å². The van der Waals surface area contributed by atoms with Gasteiger partial charge < -0.3 is 15.3 Å². The molecule has 0 bridgehead atoms. The number of aliphatic hydroxyl groups excluding tert-OH is 2. The number of carboxylic acid groups (broad SMARTS) is 1. The Morgan fingerprint density at radius 3 is 2.50 bits per heavy atom. The predicted molar refractivity (Wildman–Crippen MR) is 58.6 cm³/mol. The minimum Gasteiger partial charge on any atom is -0.477 e. The second-order valence-electron chi connectivity index (χ2n) is 3.90. The normalized spacial score (nSPS) is 26.1. The van der Waals surface area contributed by atoms with Crippen LogP contribution in [0.1, 0.15) is 14.5 Å². The van der Waals surface area contributed by atoms with Gasteiger partial charge in [0.05, 0.1) is 12.2 Å². The van der Waals surface area contributed by atoms with E-state index in [1.54, 1.807) is 12.1 Å². The van der Waals surface area contributed by atoms with Crippen molar-refractivity contribution in [2.45, 2.75) is 18.8 Å². The number of hydrogen-bond donors (Lipinski definition) is 3. The number of carbonyl (C=O) groups is 1. The van der Waals surface area contributed by atoms with Gasteiger partial charge in [0.2, 0.25) is 0 Å². The molecule has 0 aliphatic carbocycles. The summed E-state index contributed by atoms with van der Waals surface area (Å²) >= 11 is 1.23. The Morgan fingerprint density at radius 2 is 2.00 bits per heavy atom. The van der Waals surface area contributed by atoms with Crippen molar-refractivity contribution >= 4 is 17.3 Å². The second-order valence-corrected chi connectivity index (χ2v) is 5.07. The lowest BCUT2D eigenvalue weighted by Crippen LogP contribution is -2.22. The lowest BCUT2D eigenvalue weighted by atomic mass is 10.3. The third kappa shape index (κ3) is 2.41. The average molecular weight is 243 g/mol. The van der Waals surface area contributed by atoms with E-state index in [1.807, 2.05) is 4.90 Å². The van der Waals surface area contributed by atoms with Gasteiger partial charge in [-0.3, -0.25) is 4.90 Å². The monoisotopic (exact) mass is 243 g/mol. The van der Waals surface area contributed by atoms with Crippen LogP contribution >= 0.6 is 11.3 Å². The summed E-state index contributed by atoms with van der Waals surface area (Å²) < 4.78 is 0. The number of thiophene rings is 1. The van der Waals surface area contributed by atoms with E-state index >= 15 is 0 Å². The van der Waals surface area contributed by atoms with Gasteiger partial charge in [0.25, 0.3) is 0 Å². The maximum atomic E-state index is 10.7. The summed E-state index contributed by atoms with van der Waals surface area (Å²) in [5.41, 5.74) is 0. The van der Waals surface area contributed by atoms with E-state index in [1.165, 1.54) is 11.3 Å². The number of aliphatic hydroxyl groups is 2. The number of likely N-dealkylation sites (tertiary alicyclic amines) is 1. The molecule has 2 unspecified atom stereocenters. The Hall–Kier alpha value is -0.950. The van der Waals surface area contributed by atoms with Gasteiger partial charge in [-0.25, -0.2) is 4.79 Å². The Bertz CT molecular complexity index is 382. The minimum atomic E-state index is -0.919. The molecule has 0 spiro atoms. The van der Waals surface area contributed by atoms with Gasteiger partial charge >= 0.3 is 5.97 Å². The summed E-state index contributed by atoms with van der Waals surface area (Å²) in [6.45, 7) is 1.44. The maximum Gasteiger partial charge on any atom is 0.345 e. The first-order valence-corrected chi connectivity index (χ1v) is 5.78. The molecule has 3 N–H and O–H groups in total. The molecule has 1 aliphatic rings. The van der Waals surface area contributed by atoms with E-state index in [2.05, 4.69) is 0 Å². The molecule has 0 amide bonds. The molecule has 88 valence electrons. The van der Waals surface area contributed by atoms with Gasteiger partial charge in [-0.2, -0.15) is 0 Å². The largest absolute Gasteiger partial charge is 0.477 e. The van der Waals surface area contributed by atoms with Crippen molar-refractivity contribution in [3.8, 4) is 0 Å². The summed E-state index contributed by atoms with van der Waals surface area (Å²) in [6.07, 6.45) is -1.39. The van der Waals surface area contributed by atoms with Gasteiger partial charge in [-0.1, -0.05) is 0 Å². The van der Waals surface area contributed by atoms with Crippen molar-refractivity contribution in [2.75, 3.05) is 13.1 Å². The number of nitrogens with zero attached hydrogens (tertiary/aromatic N) is 1. The van der Waals surface area contributed by atoms with Crippen LogP contribution in [0.3, 0.4) is 0 Å². The number of carboxylic acids is 1. The zero-order valence-electron chi connectivity index (χ0n) is 8.54. The fourth-order valence-electron chi connectivity index (χ4n) is 1.77. The third-order valence-electron chi connectivity index (χ3n) is 2.59. The van der Waals surface area contributed by atoms with E-state index in [4.69, 9.17) is 5.11 Å². The Morgan fingerprint density at radius 1 is 1.38 bits per heavy atom. The van der Waals surface area contributed by atoms with Gasteiger partial charge in [-0.15, -0.1) is 11.3 Å². The number of β-amino-alcohol motifs (C(OH)–C–C–N with tert-alkyl or cyclic N) is 2. The molecule has 6 heteroatoms. The Balaban J connectivity index is 1.97. The quantitative estimate of drug-likeness (QED) is 0.695. The van der Waals surface area contributed by atoms with Crippen LogP contribution < -0.4 is 0 Å². The smallest absolute Gasteiger partial charge is 0.345 e. The first-order chi connectivity index (χ1) is 7.56. The topological polar surface area (TPSA) is 81.0 Å². The molecule has 0 radical (unpaired) electrons. The van der Waals surface area contributed by atoms with Crippen molar-refractivity contribution < 1.29 is 20.1 Å². The molecular formula is C10H13NO4S. The van der Waals surface area contributed by atoms with E-state index < -0.39 is 18.2 Å². The Labute approximate surface area is 96.6 Å². The molecular weight excluding hydrogens is 230 g/mol. The highest BCUT2D eigenvalue weighted by molar-refractivity contribution is 7.13. The fourth-order valence-corrected chi connectivity index (χ4v) is 2.66. The highest BCUT2D eigenvalue weighted by atomic mass is 32.1. The van der Waals surface area contributed by atoms with Crippen LogP contribution in [0.25, 0.3) is 0 Å². The van der Waals surface area contributed by atoms with E-state index in [0.717, 1.165) is 4.88 Å². The van der Waals surface area contributed by atoms with Crippen LogP contribution in [0.2, 0.25) is 0 Å². The van der Waals surface area contributed by atoms with Crippen molar-refractivity contribution in [1.29, 1.82) is 0 Å². The van der Waals surface area contributed by atoms with Gasteiger partial charge in [0.15, 0.2) is 0 Å². The van der Waals surface area contributed by atoms with E-state index in [0.29, 0.717) is 24.5 Å². The molecule has 1 aromatic heterocycles. The molecule has 16 heavy (non-hydrogen) atoms. The summed E-state index contributed by atoms with van der Waals surface area (Å²) in [7, 11) is 0. The van der Waals surface area contributed by atoms with Crippen LogP contribution in [0, 0.1) is 0 Å². The molecule has 2 rings (SSSR count). The summed E-state index contributed by atoms with van der Waals surface area (Å²) in [5.74, 6) is -0.919. The van der Waals surface area contributed by atoms with Gasteiger partial charge in [0, 0.05) is 24.5 Å². The van der Waals surface area contributed by atoms with Gasteiger partial charge in [0.1, 0.15) is 4.88 Å². The van der Waals surface area contributed by atoms with E-state index in [-0.39, 0.29) is 0 Å². The van der Waals surface area contributed by atoms with Gasteiger partial charge in [-0.05, 0) is 12.1 Å². The molecule has 1 fully saturated rings. The number of aromatic carboxylic acids is 1. The molecule has 2 atom stereocenters. The highest BCUT2D eigenvalue weighted by Gasteiger charge is 2.29. The molecule has 1 aromatic rings. The lowest BCUT2D eigenvalue weighted by molar-refractivity contribution is 0.0572. The molecule has 1 aliphatic heterocycles. The fraction of sp³-hybridized carbons (Fsp3) is 0.500.